The molecule has 0 aliphatic rings. The van der Waals surface area contributed by atoms with Gasteiger partial charge < -0.3 is 9.30 Å². The van der Waals surface area contributed by atoms with Crippen molar-refractivity contribution in [2.45, 2.75) is 9.79 Å². The second kappa shape index (κ2) is 9.32. The Balaban J connectivity index is 1.44. The van der Waals surface area contributed by atoms with Gasteiger partial charge in [0.1, 0.15) is 5.75 Å². The molecule has 7 heteroatoms. The van der Waals surface area contributed by atoms with Crippen molar-refractivity contribution in [3.05, 3.63) is 107 Å². The molecule has 4 rings (SSSR count). The molecule has 0 bridgehead atoms. The van der Waals surface area contributed by atoms with E-state index < -0.39 is 4.92 Å². The molecular weight excluding hydrogens is 410 g/mol. The van der Waals surface area contributed by atoms with Crippen LogP contribution in [0, 0.1) is 10.1 Å². The van der Waals surface area contributed by atoms with Crippen molar-refractivity contribution < 1.29 is 9.66 Å². The fraction of sp³-hybridized carbons (Fsp3) is 0.0417. The molecular formula is C24H19N3O3S. The topological polar surface area (TPSA) is 69.7 Å². The smallest absolute Gasteiger partial charge is 0.269 e. The average Bonchev–Trinajstić information content (AvgIpc) is 3.28. The number of ether oxygens (including phenoxy) is 1. The molecule has 0 spiro atoms. The monoisotopic (exact) mass is 429 g/mol. The van der Waals surface area contributed by atoms with E-state index in [9.17, 15) is 10.1 Å². The third-order valence-electron chi connectivity index (χ3n) is 4.60. The first-order chi connectivity index (χ1) is 15.1. The quantitative estimate of drug-likeness (QED) is 0.196. The SMILES string of the molecule is COc1ccc(-n2cccc2C=Nc2ccc(Sc3ccc([N+](=O)[O-])cc3)cc2)cc1. The number of nitrogens with zero attached hydrogens (tertiary/aromatic N) is 3. The van der Waals surface area contributed by atoms with Crippen molar-refractivity contribution >= 4 is 29.4 Å². The number of non-ortho nitro benzene ring substituents is 1. The van der Waals surface area contributed by atoms with Crippen molar-refractivity contribution in [3.8, 4) is 11.4 Å². The van der Waals surface area contributed by atoms with E-state index in [4.69, 9.17) is 4.74 Å². The number of methoxy groups -OCH3 is 1. The maximum atomic E-state index is 10.8. The molecule has 0 atom stereocenters. The summed E-state index contributed by atoms with van der Waals surface area (Å²) in [6.45, 7) is 0. The van der Waals surface area contributed by atoms with Crippen LogP contribution >= 0.6 is 11.8 Å². The van der Waals surface area contributed by atoms with E-state index in [-0.39, 0.29) is 5.69 Å². The van der Waals surface area contributed by atoms with Crippen LogP contribution in [0.15, 0.2) is 106 Å². The van der Waals surface area contributed by atoms with Gasteiger partial charge in [0.2, 0.25) is 0 Å². The first-order valence-corrected chi connectivity index (χ1v) is 10.3. The molecule has 3 aromatic carbocycles. The van der Waals surface area contributed by atoms with E-state index in [0.29, 0.717) is 0 Å². The van der Waals surface area contributed by atoms with Crippen molar-refractivity contribution in [2.75, 3.05) is 7.11 Å². The highest BCUT2D eigenvalue weighted by Gasteiger charge is 2.05. The lowest BCUT2D eigenvalue weighted by atomic mass is 10.3. The van der Waals surface area contributed by atoms with Gasteiger partial charge in [0, 0.05) is 33.8 Å². The third-order valence-corrected chi connectivity index (χ3v) is 5.61. The number of rotatable bonds is 7. The molecule has 0 N–H and O–H groups in total. The lowest BCUT2D eigenvalue weighted by molar-refractivity contribution is -0.384. The maximum Gasteiger partial charge on any atom is 0.269 e. The maximum absolute atomic E-state index is 10.8. The molecule has 0 fully saturated rings. The Morgan fingerprint density at radius 2 is 1.58 bits per heavy atom. The summed E-state index contributed by atoms with van der Waals surface area (Å²) in [5, 5.41) is 10.8. The summed E-state index contributed by atoms with van der Waals surface area (Å²) in [5.41, 5.74) is 2.93. The van der Waals surface area contributed by atoms with Crippen LogP contribution in [0.2, 0.25) is 0 Å². The Morgan fingerprint density at radius 1 is 0.935 bits per heavy atom. The minimum atomic E-state index is -0.397. The van der Waals surface area contributed by atoms with Crippen molar-refractivity contribution in [2.24, 2.45) is 4.99 Å². The molecule has 6 nitrogen and oxygen atoms in total. The second-order valence-electron chi connectivity index (χ2n) is 6.61. The van der Waals surface area contributed by atoms with Crippen LogP contribution in [0.1, 0.15) is 5.69 Å². The highest BCUT2D eigenvalue weighted by Crippen LogP contribution is 2.30. The summed E-state index contributed by atoms with van der Waals surface area (Å²) >= 11 is 1.55. The molecule has 1 aromatic heterocycles. The molecule has 0 unspecified atom stereocenters. The minimum absolute atomic E-state index is 0.0911. The molecule has 0 radical (unpaired) electrons. The van der Waals surface area contributed by atoms with Gasteiger partial charge in [-0.3, -0.25) is 15.1 Å². The van der Waals surface area contributed by atoms with Crippen molar-refractivity contribution in [1.82, 2.24) is 4.57 Å². The van der Waals surface area contributed by atoms with Crippen molar-refractivity contribution in [1.29, 1.82) is 0 Å². The molecule has 0 aliphatic heterocycles. The number of benzene rings is 3. The summed E-state index contributed by atoms with van der Waals surface area (Å²) in [4.78, 5) is 16.9. The Kier molecular flexibility index (Phi) is 6.14. The number of aliphatic imine (C=N–C) groups is 1. The zero-order valence-corrected chi connectivity index (χ0v) is 17.5. The van der Waals surface area contributed by atoms with Gasteiger partial charge in [-0.05, 0) is 72.8 Å². The lowest BCUT2D eigenvalue weighted by Crippen LogP contribution is -1.97. The summed E-state index contributed by atoms with van der Waals surface area (Å²) < 4.78 is 7.28. The van der Waals surface area contributed by atoms with Crippen LogP contribution < -0.4 is 4.74 Å². The Hall–Kier alpha value is -3.84. The molecule has 0 saturated heterocycles. The predicted molar refractivity (Wildman–Crippen MR) is 123 cm³/mol. The molecule has 4 aromatic rings. The number of hydrogen-bond donors (Lipinski definition) is 0. The molecule has 0 amide bonds. The highest BCUT2D eigenvalue weighted by molar-refractivity contribution is 7.99. The molecule has 0 aliphatic carbocycles. The average molecular weight is 430 g/mol. The normalized spacial score (nSPS) is 11.0. The summed E-state index contributed by atoms with van der Waals surface area (Å²) in [6, 6.07) is 26.2. The fourth-order valence-electron chi connectivity index (χ4n) is 2.99. The van der Waals surface area contributed by atoms with Gasteiger partial charge in [-0.1, -0.05) is 11.8 Å². The third kappa shape index (κ3) is 5.02. The molecule has 31 heavy (non-hydrogen) atoms. The summed E-state index contributed by atoms with van der Waals surface area (Å²) in [5.74, 6) is 0.817. The number of aromatic nitrogens is 1. The summed E-state index contributed by atoms with van der Waals surface area (Å²) in [6.07, 6.45) is 3.83. The van der Waals surface area contributed by atoms with Crippen LogP contribution in [0.25, 0.3) is 5.69 Å². The van der Waals surface area contributed by atoms with Gasteiger partial charge in [-0.15, -0.1) is 0 Å². The van der Waals surface area contributed by atoms with E-state index >= 15 is 0 Å². The van der Waals surface area contributed by atoms with Gasteiger partial charge in [-0.2, -0.15) is 0 Å². The van der Waals surface area contributed by atoms with Crippen molar-refractivity contribution in [3.63, 3.8) is 0 Å². The van der Waals surface area contributed by atoms with Crippen LogP contribution in [-0.2, 0) is 0 Å². The number of hydrogen-bond acceptors (Lipinski definition) is 5. The van der Waals surface area contributed by atoms with E-state index in [1.807, 2.05) is 73.1 Å². The molecule has 1 heterocycles. The van der Waals surface area contributed by atoms with Gasteiger partial charge >= 0.3 is 0 Å². The minimum Gasteiger partial charge on any atom is -0.497 e. The van der Waals surface area contributed by atoms with Crippen LogP contribution in [0.3, 0.4) is 0 Å². The zero-order chi connectivity index (χ0) is 21.6. The fourth-order valence-corrected chi connectivity index (χ4v) is 3.81. The molecule has 154 valence electrons. The van der Waals surface area contributed by atoms with Crippen LogP contribution in [0.5, 0.6) is 5.75 Å². The van der Waals surface area contributed by atoms with Gasteiger partial charge in [0.15, 0.2) is 0 Å². The van der Waals surface area contributed by atoms with E-state index in [2.05, 4.69) is 9.56 Å². The summed E-state index contributed by atoms with van der Waals surface area (Å²) in [7, 11) is 1.65. The van der Waals surface area contributed by atoms with Gasteiger partial charge in [0.25, 0.3) is 5.69 Å². The lowest BCUT2D eigenvalue weighted by Gasteiger charge is -2.07. The van der Waals surface area contributed by atoms with Gasteiger partial charge in [-0.25, -0.2) is 0 Å². The second-order valence-corrected chi connectivity index (χ2v) is 7.75. The van der Waals surface area contributed by atoms with E-state index in [1.165, 1.54) is 12.1 Å². The first kappa shape index (κ1) is 20.4. The Morgan fingerprint density at radius 3 is 2.19 bits per heavy atom. The Bertz CT molecular complexity index is 1200. The highest BCUT2D eigenvalue weighted by atomic mass is 32.2. The Labute approximate surface area is 184 Å². The largest absolute Gasteiger partial charge is 0.497 e. The molecule has 0 saturated carbocycles. The van der Waals surface area contributed by atoms with Crippen LogP contribution in [-0.4, -0.2) is 22.8 Å². The first-order valence-electron chi connectivity index (χ1n) is 9.50. The predicted octanol–water partition coefficient (Wildman–Crippen LogP) is 6.30. The van der Waals surface area contributed by atoms with E-state index in [0.717, 1.165) is 32.6 Å². The van der Waals surface area contributed by atoms with E-state index in [1.54, 1.807) is 31.0 Å². The standard InChI is InChI=1S/C24H19N3O3S/c1-30-22-10-6-19(7-11-22)26-16-2-3-21(26)17-25-18-4-12-23(13-5-18)31-24-14-8-20(9-15-24)27(28)29/h2-17H,1H3. The zero-order valence-electron chi connectivity index (χ0n) is 16.7. The van der Waals surface area contributed by atoms with Gasteiger partial charge in [0.05, 0.1) is 29.6 Å². The van der Waals surface area contributed by atoms with Crippen LogP contribution in [0.4, 0.5) is 11.4 Å². The number of nitro benzene ring substituents is 1. The number of nitro groups is 1.